The molecule has 30 heavy (non-hydrogen) atoms. The third-order valence-electron chi connectivity index (χ3n) is 4.73. The number of carbonyl (C=O) groups is 1. The summed E-state index contributed by atoms with van der Waals surface area (Å²) < 4.78 is 0. The van der Waals surface area contributed by atoms with Gasteiger partial charge in [0.05, 0.1) is 22.3 Å². The molecule has 1 aliphatic rings. The molecule has 0 aliphatic carbocycles. The average Bonchev–Trinajstić information content (AvgIpc) is 3.17. The van der Waals surface area contributed by atoms with Crippen molar-refractivity contribution in [2.45, 2.75) is 5.92 Å². The molecule has 1 heterocycles. The molecule has 4 rings (SSSR count). The third kappa shape index (κ3) is 4.57. The molecule has 0 aromatic heterocycles. The van der Waals surface area contributed by atoms with Gasteiger partial charge in [-0.2, -0.15) is 5.10 Å². The number of nitrogens with one attached hydrogen (secondary N) is 1. The molecule has 3 aromatic rings. The summed E-state index contributed by atoms with van der Waals surface area (Å²) in [5.74, 6) is -0.108. The van der Waals surface area contributed by atoms with Crippen molar-refractivity contribution in [3.63, 3.8) is 0 Å². The molecule has 1 N–H and O–H groups in total. The highest BCUT2D eigenvalue weighted by Crippen LogP contribution is 2.31. The van der Waals surface area contributed by atoms with Crippen LogP contribution in [0, 0.1) is 0 Å². The van der Waals surface area contributed by atoms with Gasteiger partial charge in [-0.05, 0) is 53.6 Å². The van der Waals surface area contributed by atoms with Crippen molar-refractivity contribution in [1.82, 2.24) is 5.01 Å². The summed E-state index contributed by atoms with van der Waals surface area (Å²) in [5.41, 5.74) is 3.22. The third-order valence-corrected chi connectivity index (χ3v) is 5.97. The summed E-state index contributed by atoms with van der Waals surface area (Å²) in [7, 11) is 0. The number of urea groups is 1. The van der Waals surface area contributed by atoms with Crippen molar-refractivity contribution in [3.8, 4) is 0 Å². The van der Waals surface area contributed by atoms with Crippen LogP contribution in [0.4, 0.5) is 10.5 Å². The lowest BCUT2D eigenvalue weighted by Crippen LogP contribution is -2.30. The van der Waals surface area contributed by atoms with Gasteiger partial charge in [0.1, 0.15) is 0 Å². The number of hydrogen-bond acceptors (Lipinski definition) is 2. The predicted octanol–water partition coefficient (Wildman–Crippen LogP) is 7.34. The van der Waals surface area contributed by atoms with Crippen molar-refractivity contribution < 1.29 is 4.79 Å². The number of hydrazone groups is 1. The Bertz CT molecular complexity index is 1110. The van der Waals surface area contributed by atoms with E-state index in [1.165, 1.54) is 5.01 Å². The Morgan fingerprint density at radius 1 is 0.867 bits per heavy atom. The Labute approximate surface area is 194 Å². The number of carbonyl (C=O) groups excluding carboxylic acids is 1. The molecule has 1 atom stereocenters. The maximum Gasteiger partial charge on any atom is 0.342 e. The Morgan fingerprint density at radius 2 is 1.50 bits per heavy atom. The van der Waals surface area contributed by atoms with E-state index in [0.29, 0.717) is 32.3 Å². The number of nitrogens with zero attached hydrogens (tertiary/aromatic N) is 2. The van der Waals surface area contributed by atoms with Crippen molar-refractivity contribution in [2.75, 3.05) is 11.9 Å². The second-order valence-corrected chi connectivity index (χ2v) is 8.42. The van der Waals surface area contributed by atoms with Crippen LogP contribution in [0.5, 0.6) is 0 Å². The first-order valence-electron chi connectivity index (χ1n) is 9.04. The molecule has 0 radical (unpaired) electrons. The van der Waals surface area contributed by atoms with Gasteiger partial charge in [-0.1, -0.05) is 70.7 Å². The summed E-state index contributed by atoms with van der Waals surface area (Å²) in [6.07, 6.45) is 0. The first kappa shape index (κ1) is 21.0. The van der Waals surface area contributed by atoms with E-state index in [1.54, 1.807) is 30.3 Å². The molecule has 3 aromatic carbocycles. The minimum Gasteiger partial charge on any atom is -0.306 e. The standard InChI is InChI=1S/C22H15Cl4N3O/c23-15-5-1-13(2-6-15)18-12-29(28-21(18)14-3-7-16(24)8-4-14)22(30)27-17-9-10-19(25)20(26)11-17/h1-11,18H,12H2,(H,27,30). The van der Waals surface area contributed by atoms with Gasteiger partial charge in [-0.3, -0.25) is 0 Å². The molecular formula is C22H15Cl4N3O. The zero-order valence-corrected chi connectivity index (χ0v) is 18.5. The van der Waals surface area contributed by atoms with E-state index in [4.69, 9.17) is 46.4 Å². The van der Waals surface area contributed by atoms with E-state index < -0.39 is 0 Å². The average molecular weight is 479 g/mol. The van der Waals surface area contributed by atoms with E-state index in [0.717, 1.165) is 16.8 Å². The summed E-state index contributed by atoms with van der Waals surface area (Å²) >= 11 is 24.1. The molecule has 4 nitrogen and oxygen atoms in total. The Kier molecular flexibility index (Phi) is 6.21. The van der Waals surface area contributed by atoms with Crippen LogP contribution in [0.15, 0.2) is 71.8 Å². The molecule has 0 spiro atoms. The number of benzene rings is 3. The Hall–Kier alpha value is -2.24. The lowest BCUT2D eigenvalue weighted by molar-refractivity contribution is 0.218. The quantitative estimate of drug-likeness (QED) is 0.420. The van der Waals surface area contributed by atoms with E-state index in [2.05, 4.69) is 10.4 Å². The molecule has 1 aliphatic heterocycles. The van der Waals surface area contributed by atoms with E-state index in [-0.39, 0.29) is 11.9 Å². The summed E-state index contributed by atoms with van der Waals surface area (Å²) in [6.45, 7) is 0.382. The fourth-order valence-corrected chi connectivity index (χ4v) is 3.78. The molecule has 152 valence electrons. The van der Waals surface area contributed by atoms with Gasteiger partial charge in [0.25, 0.3) is 0 Å². The van der Waals surface area contributed by atoms with Gasteiger partial charge in [-0.25, -0.2) is 9.80 Å². The second-order valence-electron chi connectivity index (χ2n) is 6.74. The summed E-state index contributed by atoms with van der Waals surface area (Å²) in [4.78, 5) is 12.9. The number of amides is 2. The van der Waals surface area contributed by atoms with Gasteiger partial charge < -0.3 is 5.32 Å². The van der Waals surface area contributed by atoms with Crippen LogP contribution in [0.1, 0.15) is 17.0 Å². The van der Waals surface area contributed by atoms with Gasteiger partial charge in [0, 0.05) is 21.7 Å². The fourth-order valence-electron chi connectivity index (χ4n) is 3.23. The molecule has 0 saturated heterocycles. The predicted molar refractivity (Wildman–Crippen MR) is 124 cm³/mol. The van der Waals surface area contributed by atoms with Gasteiger partial charge >= 0.3 is 6.03 Å². The lowest BCUT2D eigenvalue weighted by Gasteiger charge is -2.16. The molecule has 0 bridgehead atoms. The van der Waals surface area contributed by atoms with E-state index >= 15 is 0 Å². The van der Waals surface area contributed by atoms with Crippen molar-refractivity contribution in [2.24, 2.45) is 5.10 Å². The van der Waals surface area contributed by atoms with Gasteiger partial charge in [0.2, 0.25) is 0 Å². The van der Waals surface area contributed by atoms with Gasteiger partial charge in [0.15, 0.2) is 0 Å². The largest absolute Gasteiger partial charge is 0.342 e. The topological polar surface area (TPSA) is 44.7 Å². The van der Waals surface area contributed by atoms with Crippen molar-refractivity contribution in [3.05, 3.63) is 97.9 Å². The van der Waals surface area contributed by atoms with Crippen LogP contribution in [-0.2, 0) is 0 Å². The minimum absolute atomic E-state index is 0.108. The smallest absolute Gasteiger partial charge is 0.306 e. The van der Waals surface area contributed by atoms with Crippen LogP contribution in [0.3, 0.4) is 0 Å². The highest BCUT2D eigenvalue weighted by atomic mass is 35.5. The summed E-state index contributed by atoms with van der Waals surface area (Å²) in [5, 5.41) is 10.9. The van der Waals surface area contributed by atoms with Crippen molar-refractivity contribution in [1.29, 1.82) is 0 Å². The van der Waals surface area contributed by atoms with Crippen LogP contribution in [0.25, 0.3) is 0 Å². The number of hydrogen-bond donors (Lipinski definition) is 1. The van der Waals surface area contributed by atoms with Crippen LogP contribution >= 0.6 is 46.4 Å². The normalized spacial score (nSPS) is 15.8. The molecular weight excluding hydrogens is 464 g/mol. The Morgan fingerprint density at radius 3 is 2.13 bits per heavy atom. The highest BCUT2D eigenvalue weighted by molar-refractivity contribution is 6.42. The molecule has 0 saturated carbocycles. The maximum atomic E-state index is 12.9. The first-order valence-corrected chi connectivity index (χ1v) is 10.6. The van der Waals surface area contributed by atoms with E-state index in [9.17, 15) is 4.79 Å². The van der Waals surface area contributed by atoms with Crippen molar-refractivity contribution >= 4 is 63.8 Å². The van der Waals surface area contributed by atoms with Crippen LogP contribution < -0.4 is 5.32 Å². The highest BCUT2D eigenvalue weighted by Gasteiger charge is 2.32. The Balaban J connectivity index is 1.63. The molecule has 2 amide bonds. The molecule has 1 unspecified atom stereocenters. The maximum absolute atomic E-state index is 12.9. The first-order chi connectivity index (χ1) is 14.4. The lowest BCUT2D eigenvalue weighted by atomic mass is 9.91. The minimum atomic E-state index is -0.365. The molecule has 0 fully saturated rings. The summed E-state index contributed by atoms with van der Waals surface area (Å²) in [6, 6.07) is 19.5. The SMILES string of the molecule is O=C(Nc1ccc(Cl)c(Cl)c1)N1CC(c2ccc(Cl)cc2)C(c2ccc(Cl)cc2)=N1. The van der Waals surface area contributed by atoms with Gasteiger partial charge in [-0.15, -0.1) is 0 Å². The zero-order chi connectivity index (χ0) is 21.3. The molecule has 8 heteroatoms. The van der Waals surface area contributed by atoms with Crippen LogP contribution in [0.2, 0.25) is 20.1 Å². The fraction of sp³-hybridized carbons (Fsp3) is 0.0909. The zero-order valence-electron chi connectivity index (χ0n) is 15.4. The number of halogens is 4. The van der Waals surface area contributed by atoms with E-state index in [1.807, 2.05) is 36.4 Å². The van der Waals surface area contributed by atoms with Crippen LogP contribution in [-0.4, -0.2) is 23.3 Å². The monoisotopic (exact) mass is 477 g/mol. The second kappa shape index (κ2) is 8.86. The number of anilines is 1. The number of rotatable bonds is 3.